The van der Waals surface area contributed by atoms with Crippen molar-refractivity contribution < 1.29 is 9.53 Å². The van der Waals surface area contributed by atoms with Gasteiger partial charge in [0.2, 0.25) is 0 Å². The Kier molecular flexibility index (Phi) is 3.66. The van der Waals surface area contributed by atoms with Gasteiger partial charge < -0.3 is 4.74 Å². The summed E-state index contributed by atoms with van der Waals surface area (Å²) in [4.78, 5) is 16.4. The van der Waals surface area contributed by atoms with Gasteiger partial charge in [0.25, 0.3) is 5.82 Å². The van der Waals surface area contributed by atoms with Gasteiger partial charge in [-0.05, 0) is 24.4 Å². The molecule has 0 spiro atoms. The molecule has 8 heteroatoms. The first-order chi connectivity index (χ1) is 8.63. The van der Waals surface area contributed by atoms with Crippen molar-refractivity contribution in [1.82, 2.24) is 24.8 Å². The van der Waals surface area contributed by atoms with Crippen molar-refractivity contribution in [1.29, 1.82) is 0 Å². The van der Waals surface area contributed by atoms with E-state index in [4.69, 9.17) is 4.74 Å². The van der Waals surface area contributed by atoms with E-state index in [1.807, 2.05) is 13.8 Å². The smallest absolute Gasteiger partial charge is 0.378 e. The molecule has 2 rings (SSSR count). The minimum atomic E-state index is -0.538. The molecule has 2 aromatic heterocycles. The number of aromatic amines is 1. The second-order valence-corrected chi connectivity index (χ2v) is 4.62. The molecule has 0 fully saturated rings. The zero-order valence-corrected chi connectivity index (χ0v) is 11.1. The van der Waals surface area contributed by atoms with Crippen molar-refractivity contribution in [3.8, 4) is 10.7 Å². The molecule has 0 saturated heterocycles. The molecule has 0 radical (unpaired) electrons. The summed E-state index contributed by atoms with van der Waals surface area (Å²) >= 11 is 1.22. The summed E-state index contributed by atoms with van der Waals surface area (Å²) in [7, 11) is 0. The lowest BCUT2D eigenvalue weighted by Crippen LogP contribution is -2.06. The van der Waals surface area contributed by atoms with Gasteiger partial charge in [0, 0.05) is 0 Å². The fourth-order valence-corrected chi connectivity index (χ4v) is 2.15. The van der Waals surface area contributed by atoms with Gasteiger partial charge in [-0.25, -0.2) is 9.78 Å². The monoisotopic (exact) mass is 267 g/mol. The molecule has 18 heavy (non-hydrogen) atoms. The van der Waals surface area contributed by atoms with Crippen LogP contribution in [-0.4, -0.2) is 37.3 Å². The summed E-state index contributed by atoms with van der Waals surface area (Å²) in [6.45, 7) is 6.06. The number of H-pyrrole nitrogens is 1. The number of nitrogens with zero attached hydrogens (tertiary/aromatic N) is 4. The number of esters is 1. The third kappa shape index (κ3) is 2.37. The highest BCUT2D eigenvalue weighted by molar-refractivity contribution is 7.09. The van der Waals surface area contributed by atoms with Crippen LogP contribution in [0.25, 0.3) is 10.7 Å². The Labute approximate surface area is 108 Å². The topological polar surface area (TPSA) is 93.7 Å². The van der Waals surface area contributed by atoms with E-state index in [-0.39, 0.29) is 11.7 Å². The zero-order valence-electron chi connectivity index (χ0n) is 10.3. The fourth-order valence-electron chi connectivity index (χ4n) is 1.39. The highest BCUT2D eigenvalue weighted by Crippen LogP contribution is 2.27. The highest BCUT2D eigenvalue weighted by atomic mass is 32.1. The maximum atomic E-state index is 11.5. The van der Waals surface area contributed by atoms with E-state index in [0.29, 0.717) is 12.4 Å². The first kappa shape index (κ1) is 12.6. The molecule has 0 bridgehead atoms. The number of aromatic nitrogens is 5. The molecule has 0 saturated carbocycles. The fraction of sp³-hybridized carbons (Fsp3) is 0.500. The maximum Gasteiger partial charge on any atom is 0.378 e. The summed E-state index contributed by atoms with van der Waals surface area (Å²) in [5.74, 6) is 0.213. The molecule has 2 heterocycles. The van der Waals surface area contributed by atoms with Gasteiger partial charge in [-0.1, -0.05) is 18.3 Å². The van der Waals surface area contributed by atoms with Crippen LogP contribution in [0.2, 0.25) is 0 Å². The van der Waals surface area contributed by atoms with Gasteiger partial charge in [-0.15, -0.1) is 10.2 Å². The minimum Gasteiger partial charge on any atom is -0.460 e. The van der Waals surface area contributed by atoms with Crippen LogP contribution in [0.4, 0.5) is 0 Å². The Hall–Kier alpha value is -1.83. The van der Waals surface area contributed by atoms with Crippen LogP contribution in [0.3, 0.4) is 0 Å². The van der Waals surface area contributed by atoms with Gasteiger partial charge in [-0.3, -0.25) is 5.10 Å². The second-order valence-electron chi connectivity index (χ2n) is 3.87. The molecule has 0 aliphatic heterocycles. The van der Waals surface area contributed by atoms with E-state index in [1.54, 1.807) is 6.92 Å². The minimum absolute atomic E-state index is 0.0231. The number of hydrogen-bond acceptors (Lipinski definition) is 7. The van der Waals surface area contributed by atoms with Crippen LogP contribution in [0.1, 0.15) is 43.0 Å². The van der Waals surface area contributed by atoms with Gasteiger partial charge in [0.05, 0.1) is 12.3 Å². The Balaban J connectivity index is 2.29. The number of carbonyl (C=O) groups is 1. The molecule has 7 nitrogen and oxygen atoms in total. The van der Waals surface area contributed by atoms with Crippen molar-refractivity contribution in [2.75, 3.05) is 6.61 Å². The summed E-state index contributed by atoms with van der Waals surface area (Å²) in [6.07, 6.45) is 0. The molecule has 2 aromatic rings. The van der Waals surface area contributed by atoms with Crippen molar-refractivity contribution in [3.05, 3.63) is 11.5 Å². The van der Waals surface area contributed by atoms with Crippen LogP contribution in [0, 0.1) is 0 Å². The lowest BCUT2D eigenvalue weighted by Gasteiger charge is -1.99. The lowest BCUT2D eigenvalue weighted by atomic mass is 10.1. The van der Waals surface area contributed by atoms with Crippen molar-refractivity contribution in [2.45, 2.75) is 26.7 Å². The van der Waals surface area contributed by atoms with Crippen molar-refractivity contribution >= 4 is 17.5 Å². The van der Waals surface area contributed by atoms with E-state index >= 15 is 0 Å². The van der Waals surface area contributed by atoms with Gasteiger partial charge in [0.15, 0.2) is 5.82 Å². The zero-order chi connectivity index (χ0) is 13.1. The average molecular weight is 267 g/mol. The summed E-state index contributed by atoms with van der Waals surface area (Å²) in [5, 5.41) is 10.6. The van der Waals surface area contributed by atoms with E-state index < -0.39 is 5.97 Å². The Morgan fingerprint density at radius 3 is 2.94 bits per heavy atom. The predicted molar refractivity (Wildman–Crippen MR) is 65.3 cm³/mol. The SMILES string of the molecule is CCOC(=O)c1n[nH]c(-c2snnc2C(C)C)n1. The molecule has 0 aliphatic carbocycles. The quantitative estimate of drug-likeness (QED) is 0.846. The van der Waals surface area contributed by atoms with Crippen LogP contribution in [0.15, 0.2) is 0 Å². The molecule has 0 aliphatic rings. The molecular weight excluding hydrogens is 254 g/mol. The number of hydrogen-bond donors (Lipinski definition) is 1. The molecule has 0 atom stereocenters. The number of ether oxygens (including phenoxy) is 1. The first-order valence-electron chi connectivity index (χ1n) is 5.55. The number of nitrogens with one attached hydrogen (secondary N) is 1. The number of carbonyl (C=O) groups excluding carboxylic acids is 1. The summed E-state index contributed by atoms with van der Waals surface area (Å²) < 4.78 is 8.72. The third-order valence-corrected chi connectivity index (χ3v) is 2.97. The maximum absolute atomic E-state index is 11.5. The third-order valence-electron chi connectivity index (χ3n) is 2.22. The lowest BCUT2D eigenvalue weighted by molar-refractivity contribution is 0.0512. The summed E-state index contributed by atoms with van der Waals surface area (Å²) in [5.41, 5.74) is 0.839. The number of rotatable bonds is 4. The van der Waals surface area contributed by atoms with E-state index in [1.165, 1.54) is 11.5 Å². The Bertz CT molecular complexity index is 548. The Morgan fingerprint density at radius 1 is 1.50 bits per heavy atom. The van der Waals surface area contributed by atoms with Crippen molar-refractivity contribution in [3.63, 3.8) is 0 Å². The van der Waals surface area contributed by atoms with E-state index in [9.17, 15) is 4.79 Å². The first-order valence-corrected chi connectivity index (χ1v) is 6.33. The molecule has 0 amide bonds. The van der Waals surface area contributed by atoms with E-state index in [0.717, 1.165) is 10.6 Å². The van der Waals surface area contributed by atoms with Gasteiger partial charge >= 0.3 is 5.97 Å². The average Bonchev–Trinajstić information content (AvgIpc) is 2.98. The van der Waals surface area contributed by atoms with Crippen LogP contribution >= 0.6 is 11.5 Å². The van der Waals surface area contributed by atoms with Crippen LogP contribution in [-0.2, 0) is 4.74 Å². The van der Waals surface area contributed by atoms with Crippen molar-refractivity contribution in [2.24, 2.45) is 0 Å². The van der Waals surface area contributed by atoms with Crippen LogP contribution < -0.4 is 0 Å². The van der Waals surface area contributed by atoms with Crippen LogP contribution in [0.5, 0.6) is 0 Å². The Morgan fingerprint density at radius 2 is 2.28 bits per heavy atom. The second kappa shape index (κ2) is 5.21. The summed E-state index contributed by atoms with van der Waals surface area (Å²) in [6, 6.07) is 0. The molecular formula is C10H13N5O2S. The predicted octanol–water partition coefficient (Wildman–Crippen LogP) is 1.62. The van der Waals surface area contributed by atoms with Gasteiger partial charge in [-0.2, -0.15) is 0 Å². The molecule has 0 unspecified atom stereocenters. The largest absolute Gasteiger partial charge is 0.460 e. The van der Waals surface area contributed by atoms with Gasteiger partial charge in [0.1, 0.15) is 4.88 Å². The van der Waals surface area contributed by atoms with E-state index in [2.05, 4.69) is 24.8 Å². The standard InChI is InChI=1S/C10H13N5O2S/c1-4-17-10(16)9-11-8(13-14-9)7-6(5(2)3)12-15-18-7/h5H,4H2,1-3H3,(H,11,13,14). The highest BCUT2D eigenvalue weighted by Gasteiger charge is 2.19. The molecule has 96 valence electrons. The molecule has 1 N–H and O–H groups in total. The molecule has 0 aromatic carbocycles. The normalized spacial score (nSPS) is 10.9.